The maximum atomic E-state index is 13.8. The van der Waals surface area contributed by atoms with E-state index in [9.17, 15) is 9.59 Å². The van der Waals surface area contributed by atoms with Crippen LogP contribution in [0.25, 0.3) is 15.9 Å². The molecule has 186 valence electrons. The molecule has 1 aliphatic carbocycles. The number of aromatic nitrogens is 2. The number of hydrogen-bond donors (Lipinski definition) is 1. The minimum Gasteiger partial charge on any atom is -0.325 e. The second-order valence-electron chi connectivity index (χ2n) is 9.17. The first-order chi connectivity index (χ1) is 17.4. The lowest BCUT2D eigenvalue weighted by Gasteiger charge is -2.14. The van der Waals surface area contributed by atoms with Gasteiger partial charge in [0, 0.05) is 15.0 Å². The summed E-state index contributed by atoms with van der Waals surface area (Å²) in [5.74, 6) is 0.523. The highest BCUT2D eigenvalue weighted by Crippen LogP contribution is 2.35. The number of benzene rings is 2. The van der Waals surface area contributed by atoms with Crippen LogP contribution in [0.5, 0.6) is 0 Å². The van der Waals surface area contributed by atoms with Crippen molar-refractivity contribution in [1.29, 1.82) is 0 Å². The van der Waals surface area contributed by atoms with Crippen molar-refractivity contribution < 1.29 is 4.79 Å². The Morgan fingerprint density at radius 1 is 1.14 bits per heavy atom. The zero-order valence-electron chi connectivity index (χ0n) is 20.3. The Balaban J connectivity index is 1.44. The van der Waals surface area contributed by atoms with Crippen LogP contribution in [-0.4, -0.2) is 21.2 Å². The van der Waals surface area contributed by atoms with Crippen LogP contribution in [0.1, 0.15) is 55.0 Å². The first kappa shape index (κ1) is 25.2. The third kappa shape index (κ3) is 5.17. The van der Waals surface area contributed by atoms with Crippen LogP contribution in [0.15, 0.2) is 63.0 Å². The monoisotopic (exact) mass is 581 g/mol. The van der Waals surface area contributed by atoms with E-state index in [0.29, 0.717) is 11.1 Å². The highest BCUT2D eigenvalue weighted by molar-refractivity contribution is 9.10. The molecule has 0 fully saturated rings. The molecule has 1 atom stereocenters. The van der Waals surface area contributed by atoms with Gasteiger partial charge in [-0.25, -0.2) is 4.98 Å². The first-order valence-corrected chi connectivity index (χ1v) is 14.9. The minimum atomic E-state index is -0.126. The molecule has 8 heteroatoms. The Bertz CT molecular complexity index is 1460. The Morgan fingerprint density at radius 2 is 1.86 bits per heavy atom. The van der Waals surface area contributed by atoms with E-state index >= 15 is 0 Å². The normalized spacial score (nSPS) is 14.0. The van der Waals surface area contributed by atoms with Gasteiger partial charge in [0.1, 0.15) is 4.83 Å². The molecule has 0 spiro atoms. The Hall–Kier alpha value is -2.42. The van der Waals surface area contributed by atoms with Gasteiger partial charge in [0.15, 0.2) is 5.16 Å². The number of fused-ring (bicyclic) bond motifs is 3. The average molecular weight is 583 g/mol. The summed E-state index contributed by atoms with van der Waals surface area (Å²) in [4.78, 5) is 33.6. The van der Waals surface area contributed by atoms with Crippen LogP contribution in [-0.2, 0) is 17.6 Å². The van der Waals surface area contributed by atoms with Crippen LogP contribution in [0.3, 0.4) is 0 Å². The van der Waals surface area contributed by atoms with Crippen molar-refractivity contribution in [2.75, 3.05) is 11.1 Å². The first-order valence-electron chi connectivity index (χ1n) is 12.3. The number of carbonyl (C=O) groups excluding carboxylic acids is 1. The quantitative estimate of drug-likeness (QED) is 0.183. The summed E-state index contributed by atoms with van der Waals surface area (Å²) in [7, 11) is 0. The lowest BCUT2D eigenvalue weighted by atomic mass is 9.97. The number of nitrogens with one attached hydrogen (secondary N) is 1. The minimum absolute atomic E-state index is 0.0507. The van der Waals surface area contributed by atoms with Crippen LogP contribution in [0.4, 0.5) is 5.69 Å². The molecule has 1 amide bonds. The Morgan fingerprint density at radius 3 is 2.58 bits per heavy atom. The van der Waals surface area contributed by atoms with Crippen molar-refractivity contribution in [1.82, 2.24) is 9.55 Å². The molecule has 0 saturated carbocycles. The standard InChI is InChI=1S/C28H28BrN3O2S2/c1-3-17(2)18-8-12-20(13-9-18)30-24(33)16-35-28-31-26-25(22-6-4-5-7-23(22)36-26)27(34)32(28)21-14-10-19(29)11-15-21/h8-15,17H,3-7,16H2,1-2H3,(H,30,33). The second-order valence-corrected chi connectivity index (χ2v) is 12.1. The zero-order valence-corrected chi connectivity index (χ0v) is 23.6. The lowest BCUT2D eigenvalue weighted by molar-refractivity contribution is -0.113. The molecule has 1 aliphatic rings. The summed E-state index contributed by atoms with van der Waals surface area (Å²) >= 11 is 6.40. The van der Waals surface area contributed by atoms with Crippen LogP contribution >= 0.6 is 39.0 Å². The fourth-order valence-electron chi connectivity index (χ4n) is 4.56. The number of rotatable bonds is 7. The van der Waals surface area contributed by atoms with Gasteiger partial charge < -0.3 is 5.32 Å². The van der Waals surface area contributed by atoms with E-state index in [2.05, 4.69) is 47.2 Å². The molecule has 2 heterocycles. The number of thiophene rings is 1. The summed E-state index contributed by atoms with van der Waals surface area (Å²) in [5, 5.41) is 4.26. The SMILES string of the molecule is CCC(C)c1ccc(NC(=O)CSc2nc3sc4c(c3c(=O)n2-c2ccc(Br)cc2)CCCC4)cc1. The largest absolute Gasteiger partial charge is 0.325 e. The van der Waals surface area contributed by atoms with Gasteiger partial charge >= 0.3 is 0 Å². The number of nitrogens with zero attached hydrogens (tertiary/aromatic N) is 2. The maximum absolute atomic E-state index is 13.8. The van der Waals surface area contributed by atoms with Gasteiger partial charge in [0.2, 0.25) is 5.91 Å². The van der Waals surface area contributed by atoms with E-state index in [1.165, 1.54) is 27.8 Å². The maximum Gasteiger partial charge on any atom is 0.267 e. The van der Waals surface area contributed by atoms with E-state index in [-0.39, 0.29) is 17.2 Å². The van der Waals surface area contributed by atoms with Gasteiger partial charge in [-0.3, -0.25) is 14.2 Å². The molecule has 0 aliphatic heterocycles. The van der Waals surface area contributed by atoms with Gasteiger partial charge in [-0.1, -0.05) is 53.7 Å². The molecule has 0 radical (unpaired) electrons. The molecule has 5 nitrogen and oxygen atoms in total. The third-order valence-corrected chi connectivity index (χ3v) is 9.40. The van der Waals surface area contributed by atoms with Gasteiger partial charge in [-0.05, 0) is 85.5 Å². The molecule has 4 aromatic rings. The second kappa shape index (κ2) is 10.9. The molecular weight excluding hydrogens is 554 g/mol. The van der Waals surface area contributed by atoms with Crippen LogP contribution in [0, 0.1) is 0 Å². The number of thioether (sulfide) groups is 1. The predicted molar refractivity (Wildman–Crippen MR) is 154 cm³/mol. The third-order valence-electron chi connectivity index (χ3n) is 6.75. The fourth-order valence-corrected chi connectivity index (χ4v) is 6.94. The van der Waals surface area contributed by atoms with E-state index in [4.69, 9.17) is 4.98 Å². The summed E-state index contributed by atoms with van der Waals surface area (Å²) < 4.78 is 2.60. The average Bonchev–Trinajstić information content (AvgIpc) is 3.27. The van der Waals surface area contributed by atoms with Crippen molar-refractivity contribution in [3.05, 3.63) is 79.4 Å². The van der Waals surface area contributed by atoms with E-state index in [0.717, 1.165) is 58.2 Å². The van der Waals surface area contributed by atoms with Gasteiger partial charge in [-0.2, -0.15) is 0 Å². The number of aryl methyl sites for hydroxylation is 2. The molecule has 2 aromatic heterocycles. The topological polar surface area (TPSA) is 64.0 Å². The molecule has 0 saturated heterocycles. The fraction of sp³-hybridized carbons (Fsp3) is 0.321. The molecule has 1 N–H and O–H groups in total. The number of amides is 1. The Kier molecular flexibility index (Phi) is 7.65. The number of anilines is 1. The molecule has 2 aromatic carbocycles. The predicted octanol–water partition coefficient (Wildman–Crippen LogP) is 7.33. The van der Waals surface area contributed by atoms with Crippen molar-refractivity contribution in [2.45, 2.75) is 57.0 Å². The highest BCUT2D eigenvalue weighted by atomic mass is 79.9. The lowest BCUT2D eigenvalue weighted by Crippen LogP contribution is -2.23. The van der Waals surface area contributed by atoms with E-state index in [1.807, 2.05) is 36.4 Å². The smallest absolute Gasteiger partial charge is 0.267 e. The van der Waals surface area contributed by atoms with Gasteiger partial charge in [0.25, 0.3) is 5.56 Å². The Labute approximate surface area is 227 Å². The summed E-state index contributed by atoms with van der Waals surface area (Å²) in [6.07, 6.45) is 5.27. The molecule has 1 unspecified atom stereocenters. The number of carbonyl (C=O) groups is 1. The van der Waals surface area contributed by atoms with Crippen molar-refractivity contribution in [3.8, 4) is 5.69 Å². The van der Waals surface area contributed by atoms with Gasteiger partial charge in [0.05, 0.1) is 16.8 Å². The van der Waals surface area contributed by atoms with Crippen molar-refractivity contribution in [2.24, 2.45) is 0 Å². The highest BCUT2D eigenvalue weighted by Gasteiger charge is 2.23. The van der Waals surface area contributed by atoms with E-state index < -0.39 is 0 Å². The van der Waals surface area contributed by atoms with Crippen LogP contribution in [0.2, 0.25) is 0 Å². The van der Waals surface area contributed by atoms with Gasteiger partial charge in [-0.15, -0.1) is 11.3 Å². The van der Waals surface area contributed by atoms with E-state index in [1.54, 1.807) is 15.9 Å². The van der Waals surface area contributed by atoms with Crippen molar-refractivity contribution >= 4 is 60.8 Å². The molecule has 36 heavy (non-hydrogen) atoms. The summed E-state index contributed by atoms with van der Waals surface area (Å²) in [5.41, 5.74) is 3.90. The summed E-state index contributed by atoms with van der Waals surface area (Å²) in [6, 6.07) is 15.7. The summed E-state index contributed by atoms with van der Waals surface area (Å²) in [6.45, 7) is 4.37. The molecule has 5 rings (SSSR count). The number of halogens is 1. The van der Waals surface area contributed by atoms with Crippen LogP contribution < -0.4 is 10.9 Å². The number of hydrogen-bond acceptors (Lipinski definition) is 5. The molecule has 0 bridgehead atoms. The van der Waals surface area contributed by atoms with Crippen molar-refractivity contribution in [3.63, 3.8) is 0 Å². The zero-order chi connectivity index (χ0) is 25.2. The molecular formula is C28H28BrN3O2S2.